The first kappa shape index (κ1) is 20.8. The van der Waals surface area contributed by atoms with Crippen molar-refractivity contribution in [3.05, 3.63) is 29.8 Å². The number of aliphatic imine (C=N–C) groups is 1. The Hall–Kier alpha value is -2.46. The number of carbonyl (C=O) groups excluding carboxylic acids is 1. The maximum atomic E-state index is 12.0. The highest BCUT2D eigenvalue weighted by Gasteiger charge is 2.30. The van der Waals surface area contributed by atoms with Gasteiger partial charge in [-0.3, -0.25) is 14.5 Å². The Kier molecular flexibility index (Phi) is 6.55. The molecule has 0 saturated carbocycles. The summed E-state index contributed by atoms with van der Waals surface area (Å²) < 4.78 is 26.3. The van der Waals surface area contributed by atoms with E-state index in [0.717, 1.165) is 6.92 Å². The Labute approximate surface area is 157 Å². The maximum Gasteiger partial charge on any atom is 0.337 e. The van der Waals surface area contributed by atoms with Gasteiger partial charge in [0.15, 0.2) is 5.60 Å². The molecule has 148 valence electrons. The molecule has 1 unspecified atom stereocenters. The molecule has 0 spiro atoms. The standard InChI is InChI=1S/C17H23N3O6S/c1-17(24,16(22)23)11-19-14(21)9-3-2-6-10-18-15-12-7-4-5-8-13(12)27(25,26)20-15/h4-5,7-8,24H,2-3,6,9-11H2,1H3,(H,18,20)(H,19,21)(H,22,23). The van der Waals surface area contributed by atoms with Gasteiger partial charge in [0.25, 0.3) is 10.0 Å². The molecular formula is C17H23N3O6S. The summed E-state index contributed by atoms with van der Waals surface area (Å²) in [5.41, 5.74) is -1.43. The largest absolute Gasteiger partial charge is 0.479 e. The molecule has 4 N–H and O–H groups in total. The summed E-state index contributed by atoms with van der Waals surface area (Å²) in [6, 6.07) is 6.63. The van der Waals surface area contributed by atoms with Gasteiger partial charge in [0, 0.05) is 18.5 Å². The van der Waals surface area contributed by atoms with Crippen molar-refractivity contribution in [2.24, 2.45) is 4.99 Å². The number of benzene rings is 1. The molecule has 2 rings (SSSR count). The number of hydrogen-bond acceptors (Lipinski definition) is 6. The molecule has 1 amide bonds. The number of fused-ring (bicyclic) bond motifs is 1. The van der Waals surface area contributed by atoms with Crippen LogP contribution in [0, 0.1) is 0 Å². The second-order valence-corrected chi connectivity index (χ2v) is 8.15. The first-order chi connectivity index (χ1) is 12.6. The number of unbranched alkanes of at least 4 members (excludes halogenated alkanes) is 2. The summed E-state index contributed by atoms with van der Waals surface area (Å²) >= 11 is 0. The zero-order valence-corrected chi connectivity index (χ0v) is 15.8. The number of aliphatic carboxylic acids is 1. The minimum absolute atomic E-state index is 0.210. The number of nitrogens with zero attached hydrogens (tertiary/aromatic N) is 1. The van der Waals surface area contributed by atoms with E-state index in [4.69, 9.17) is 5.11 Å². The molecule has 27 heavy (non-hydrogen) atoms. The number of carboxylic acid groups (broad SMARTS) is 1. The zero-order chi connectivity index (χ0) is 20.1. The van der Waals surface area contributed by atoms with Gasteiger partial charge in [0.05, 0.1) is 11.4 Å². The van der Waals surface area contributed by atoms with Crippen LogP contribution in [0.3, 0.4) is 0 Å². The van der Waals surface area contributed by atoms with E-state index in [0.29, 0.717) is 37.2 Å². The van der Waals surface area contributed by atoms with Gasteiger partial charge in [-0.2, -0.15) is 0 Å². The fraction of sp³-hybridized carbons (Fsp3) is 0.471. The van der Waals surface area contributed by atoms with Gasteiger partial charge in [-0.25, -0.2) is 13.2 Å². The lowest BCUT2D eigenvalue weighted by Crippen LogP contribution is -2.46. The summed E-state index contributed by atoms with van der Waals surface area (Å²) in [4.78, 5) is 26.9. The number of nitrogens with one attached hydrogen (secondary N) is 2. The monoisotopic (exact) mass is 397 g/mol. The Morgan fingerprint density at radius 1 is 1.22 bits per heavy atom. The van der Waals surface area contributed by atoms with Crippen LogP contribution in [0.5, 0.6) is 0 Å². The second kappa shape index (κ2) is 8.49. The van der Waals surface area contributed by atoms with Gasteiger partial charge in [0.1, 0.15) is 5.84 Å². The van der Waals surface area contributed by atoms with Crippen LogP contribution in [0.25, 0.3) is 0 Å². The summed E-state index contributed by atoms with van der Waals surface area (Å²) in [6.07, 6.45) is 2.16. The van der Waals surface area contributed by atoms with Crippen LogP contribution >= 0.6 is 0 Å². The molecule has 0 aliphatic carbocycles. The quantitative estimate of drug-likeness (QED) is 0.439. The Morgan fingerprint density at radius 2 is 1.93 bits per heavy atom. The summed E-state index contributed by atoms with van der Waals surface area (Å²) in [6.45, 7) is 1.18. The van der Waals surface area contributed by atoms with Crippen LogP contribution in [0.1, 0.15) is 38.2 Å². The molecule has 1 aromatic rings. The number of amides is 1. The predicted octanol–water partition coefficient (Wildman–Crippen LogP) is 0.237. The van der Waals surface area contributed by atoms with Gasteiger partial charge >= 0.3 is 5.97 Å². The fourth-order valence-corrected chi connectivity index (χ4v) is 3.70. The minimum atomic E-state index is -3.53. The average molecular weight is 397 g/mol. The van der Waals surface area contributed by atoms with E-state index in [1.54, 1.807) is 18.2 Å². The van der Waals surface area contributed by atoms with Gasteiger partial charge < -0.3 is 15.5 Å². The van der Waals surface area contributed by atoms with Gasteiger partial charge in [-0.15, -0.1) is 0 Å². The lowest BCUT2D eigenvalue weighted by Gasteiger charge is -2.18. The predicted molar refractivity (Wildman–Crippen MR) is 97.9 cm³/mol. The second-order valence-electron chi connectivity index (χ2n) is 6.50. The summed E-state index contributed by atoms with van der Waals surface area (Å²) in [5.74, 6) is -1.40. The first-order valence-electron chi connectivity index (χ1n) is 8.52. The van der Waals surface area contributed by atoms with E-state index in [1.807, 2.05) is 0 Å². The van der Waals surface area contributed by atoms with E-state index in [1.165, 1.54) is 6.07 Å². The zero-order valence-electron chi connectivity index (χ0n) is 14.9. The van der Waals surface area contributed by atoms with Crippen molar-refractivity contribution in [3.8, 4) is 0 Å². The molecule has 1 aromatic carbocycles. The van der Waals surface area contributed by atoms with Crippen molar-refractivity contribution < 1.29 is 28.2 Å². The van der Waals surface area contributed by atoms with Crippen molar-refractivity contribution in [2.45, 2.75) is 43.1 Å². The Morgan fingerprint density at radius 3 is 2.63 bits per heavy atom. The van der Waals surface area contributed by atoms with Crippen LogP contribution < -0.4 is 10.0 Å². The summed E-state index contributed by atoms with van der Waals surface area (Å²) in [7, 11) is -3.53. The highest BCUT2D eigenvalue weighted by Crippen LogP contribution is 2.22. The molecule has 0 bridgehead atoms. The normalized spacial score (nSPS) is 18.4. The van der Waals surface area contributed by atoms with E-state index in [-0.39, 0.29) is 23.8 Å². The number of carboxylic acids is 1. The molecule has 0 saturated heterocycles. The minimum Gasteiger partial charge on any atom is -0.479 e. The van der Waals surface area contributed by atoms with Crippen molar-refractivity contribution >= 4 is 27.7 Å². The fourth-order valence-electron chi connectivity index (χ4n) is 2.45. The molecule has 1 aliphatic heterocycles. The third kappa shape index (κ3) is 5.51. The lowest BCUT2D eigenvalue weighted by atomic mass is 10.1. The molecule has 0 aromatic heterocycles. The van der Waals surface area contributed by atoms with E-state index < -0.39 is 21.6 Å². The Balaban J connectivity index is 1.70. The molecule has 10 heteroatoms. The molecular weight excluding hydrogens is 374 g/mol. The average Bonchev–Trinajstić information content (AvgIpc) is 2.87. The van der Waals surface area contributed by atoms with E-state index >= 15 is 0 Å². The topological polar surface area (TPSA) is 145 Å². The Bertz CT molecular complexity index is 848. The molecule has 1 aliphatic rings. The van der Waals surface area contributed by atoms with Gasteiger partial charge in [-0.1, -0.05) is 18.6 Å². The number of amidine groups is 1. The van der Waals surface area contributed by atoms with E-state index in [9.17, 15) is 23.1 Å². The highest BCUT2D eigenvalue weighted by atomic mass is 32.2. The SMILES string of the molecule is CC(O)(CNC(=O)CCCCCN=C1NS(=O)(=O)c2ccccc21)C(=O)O. The van der Waals surface area contributed by atoms with Crippen LogP contribution in [0.15, 0.2) is 34.2 Å². The smallest absolute Gasteiger partial charge is 0.337 e. The molecule has 1 heterocycles. The molecule has 9 nitrogen and oxygen atoms in total. The van der Waals surface area contributed by atoms with Gasteiger partial charge in [0.2, 0.25) is 5.91 Å². The van der Waals surface area contributed by atoms with Crippen LogP contribution in [-0.2, 0) is 19.6 Å². The number of aliphatic hydroxyl groups is 1. The molecule has 1 atom stereocenters. The maximum absolute atomic E-state index is 12.0. The number of carbonyl (C=O) groups is 2. The van der Waals surface area contributed by atoms with Crippen LogP contribution in [0.4, 0.5) is 0 Å². The summed E-state index contributed by atoms with van der Waals surface area (Å²) in [5, 5.41) is 20.7. The molecule has 0 fully saturated rings. The first-order valence-corrected chi connectivity index (χ1v) is 10.0. The number of rotatable bonds is 9. The third-order valence-corrected chi connectivity index (χ3v) is 5.48. The van der Waals surface area contributed by atoms with Crippen molar-refractivity contribution in [1.29, 1.82) is 0 Å². The number of sulfonamides is 1. The highest BCUT2D eigenvalue weighted by molar-refractivity contribution is 7.90. The molecule has 0 radical (unpaired) electrons. The van der Waals surface area contributed by atoms with Crippen LogP contribution in [-0.4, -0.2) is 55.0 Å². The van der Waals surface area contributed by atoms with Crippen molar-refractivity contribution in [2.75, 3.05) is 13.1 Å². The number of hydrogen-bond donors (Lipinski definition) is 4. The van der Waals surface area contributed by atoms with Crippen LogP contribution in [0.2, 0.25) is 0 Å². The lowest BCUT2D eigenvalue weighted by molar-refractivity contribution is -0.156. The van der Waals surface area contributed by atoms with Gasteiger partial charge in [-0.05, 0) is 31.9 Å². The third-order valence-electron chi connectivity index (χ3n) is 4.09. The van der Waals surface area contributed by atoms with E-state index in [2.05, 4.69) is 15.0 Å². The van der Waals surface area contributed by atoms with Crippen molar-refractivity contribution in [3.63, 3.8) is 0 Å². The van der Waals surface area contributed by atoms with Crippen molar-refractivity contribution in [1.82, 2.24) is 10.0 Å².